The summed E-state index contributed by atoms with van der Waals surface area (Å²) in [6.45, 7) is 2.61. The highest BCUT2D eigenvalue weighted by molar-refractivity contribution is 5.95. The van der Waals surface area contributed by atoms with Crippen molar-refractivity contribution in [2.75, 3.05) is 16.8 Å². The fourth-order valence-electron chi connectivity index (χ4n) is 3.77. The summed E-state index contributed by atoms with van der Waals surface area (Å²) in [5.41, 5.74) is 1.60. The third-order valence-corrected chi connectivity index (χ3v) is 5.17. The molecular formula is C22H28N2O2. The minimum absolute atomic E-state index is 0.0316. The molecule has 0 aromatic heterocycles. The molecule has 0 bridgehead atoms. The van der Waals surface area contributed by atoms with Crippen molar-refractivity contribution >= 4 is 23.2 Å². The van der Waals surface area contributed by atoms with E-state index in [1.54, 1.807) is 0 Å². The second-order valence-corrected chi connectivity index (χ2v) is 7.18. The highest BCUT2D eigenvalue weighted by atomic mass is 16.2. The number of anilines is 2. The van der Waals surface area contributed by atoms with Crippen LogP contribution in [0.2, 0.25) is 0 Å². The molecule has 0 saturated heterocycles. The summed E-state index contributed by atoms with van der Waals surface area (Å²) in [5.74, 6) is 0.887. The topological polar surface area (TPSA) is 49.4 Å². The van der Waals surface area contributed by atoms with Gasteiger partial charge in [-0.05, 0) is 62.6 Å². The Morgan fingerprint density at radius 3 is 2.38 bits per heavy atom. The number of benzene rings is 1. The predicted octanol–water partition coefficient (Wildman–Crippen LogP) is 4.69. The fraction of sp³-hybridized carbons (Fsp3) is 0.455. The molecule has 0 radical (unpaired) electrons. The summed E-state index contributed by atoms with van der Waals surface area (Å²) >= 11 is 0. The Bertz CT molecular complexity index is 708. The zero-order valence-corrected chi connectivity index (χ0v) is 15.5. The van der Waals surface area contributed by atoms with Crippen LogP contribution in [0.5, 0.6) is 0 Å². The molecule has 2 aliphatic carbocycles. The van der Waals surface area contributed by atoms with Gasteiger partial charge < -0.3 is 10.2 Å². The number of rotatable bonds is 7. The third-order valence-electron chi connectivity index (χ3n) is 5.17. The Balaban J connectivity index is 1.62. The van der Waals surface area contributed by atoms with Crippen molar-refractivity contribution in [3.8, 4) is 0 Å². The van der Waals surface area contributed by atoms with Gasteiger partial charge in [0.2, 0.25) is 11.8 Å². The van der Waals surface area contributed by atoms with Crippen LogP contribution in [0, 0.1) is 11.8 Å². The monoisotopic (exact) mass is 352 g/mol. The first kappa shape index (κ1) is 18.4. The van der Waals surface area contributed by atoms with Gasteiger partial charge in [-0.25, -0.2) is 0 Å². The Hall–Kier alpha value is -2.36. The predicted molar refractivity (Wildman–Crippen MR) is 106 cm³/mol. The number of carbonyl (C=O) groups excluding carboxylic acids is 2. The maximum atomic E-state index is 12.7. The van der Waals surface area contributed by atoms with E-state index < -0.39 is 0 Å². The molecule has 1 aromatic carbocycles. The second kappa shape index (κ2) is 8.84. The van der Waals surface area contributed by atoms with Crippen molar-refractivity contribution in [2.24, 2.45) is 11.8 Å². The largest absolute Gasteiger partial charge is 0.326 e. The molecule has 4 nitrogen and oxygen atoms in total. The maximum absolute atomic E-state index is 12.7. The molecule has 1 N–H and O–H groups in total. The molecule has 2 unspecified atom stereocenters. The molecule has 0 aliphatic heterocycles. The quantitative estimate of drug-likeness (QED) is 0.724. The van der Waals surface area contributed by atoms with Crippen molar-refractivity contribution in [2.45, 2.75) is 45.4 Å². The molecule has 0 heterocycles. The zero-order valence-electron chi connectivity index (χ0n) is 15.5. The maximum Gasteiger partial charge on any atom is 0.227 e. The van der Waals surface area contributed by atoms with Crippen LogP contribution in [0.1, 0.15) is 45.4 Å². The van der Waals surface area contributed by atoms with Gasteiger partial charge in [-0.2, -0.15) is 0 Å². The number of hydrogen-bond donors (Lipinski definition) is 1. The summed E-state index contributed by atoms with van der Waals surface area (Å²) in [6.07, 6.45) is 13.9. The molecule has 2 aliphatic rings. The van der Waals surface area contributed by atoms with Crippen molar-refractivity contribution in [3.05, 3.63) is 48.6 Å². The number of hydrogen-bond acceptors (Lipinski definition) is 2. The van der Waals surface area contributed by atoms with Crippen molar-refractivity contribution in [1.82, 2.24) is 0 Å². The first-order chi connectivity index (χ1) is 12.7. The first-order valence-electron chi connectivity index (χ1n) is 9.69. The van der Waals surface area contributed by atoms with E-state index in [9.17, 15) is 9.59 Å². The number of allylic oxidation sites excluding steroid dienone is 4. The molecule has 2 atom stereocenters. The molecule has 3 rings (SSSR count). The number of carbonyl (C=O) groups is 2. The van der Waals surface area contributed by atoms with Crippen LogP contribution in [0.3, 0.4) is 0 Å². The standard InChI is InChI=1S/C22H28N2O2/c1-2-24(22(26)15-18-10-5-6-11-18)20-13-7-12-19(16-20)23-21(25)14-17-8-3-4-9-17/h3,5,7-8,10,12-13,16-18H,2,4,6,9,11,14-15H2,1H3,(H,23,25). The number of nitrogens with one attached hydrogen (secondary N) is 1. The lowest BCUT2D eigenvalue weighted by Gasteiger charge is -2.23. The molecule has 4 heteroatoms. The lowest BCUT2D eigenvalue weighted by atomic mass is 10.0. The Morgan fingerprint density at radius 2 is 1.77 bits per heavy atom. The summed E-state index contributed by atoms with van der Waals surface area (Å²) in [5, 5.41) is 2.98. The molecule has 2 amide bonds. The average Bonchev–Trinajstić information content (AvgIpc) is 3.30. The second-order valence-electron chi connectivity index (χ2n) is 7.18. The van der Waals surface area contributed by atoms with Gasteiger partial charge in [0, 0.05) is 30.8 Å². The van der Waals surface area contributed by atoms with Gasteiger partial charge in [-0.3, -0.25) is 9.59 Å². The van der Waals surface area contributed by atoms with Crippen molar-refractivity contribution in [3.63, 3.8) is 0 Å². The number of nitrogens with zero attached hydrogens (tertiary/aromatic N) is 1. The van der Waals surface area contributed by atoms with Gasteiger partial charge in [0.05, 0.1) is 0 Å². The van der Waals surface area contributed by atoms with E-state index in [1.165, 1.54) is 0 Å². The summed E-state index contributed by atoms with van der Waals surface area (Å²) < 4.78 is 0. The molecule has 0 saturated carbocycles. The van der Waals surface area contributed by atoms with Crippen molar-refractivity contribution < 1.29 is 9.59 Å². The molecular weight excluding hydrogens is 324 g/mol. The van der Waals surface area contributed by atoms with Crippen LogP contribution in [0.25, 0.3) is 0 Å². The average molecular weight is 352 g/mol. The lowest BCUT2D eigenvalue weighted by molar-refractivity contribution is -0.119. The van der Waals surface area contributed by atoms with Gasteiger partial charge >= 0.3 is 0 Å². The minimum Gasteiger partial charge on any atom is -0.326 e. The molecule has 26 heavy (non-hydrogen) atoms. The van der Waals surface area contributed by atoms with E-state index in [2.05, 4.69) is 29.6 Å². The Morgan fingerprint density at radius 1 is 1.08 bits per heavy atom. The van der Waals surface area contributed by atoms with Gasteiger partial charge in [0.25, 0.3) is 0 Å². The third kappa shape index (κ3) is 4.84. The van der Waals surface area contributed by atoms with Crippen LogP contribution in [-0.2, 0) is 9.59 Å². The van der Waals surface area contributed by atoms with Gasteiger partial charge in [-0.15, -0.1) is 0 Å². The smallest absolute Gasteiger partial charge is 0.227 e. The SMILES string of the molecule is CCN(C(=O)CC1C=CCC1)c1cccc(NC(=O)CC2C=CCC2)c1. The minimum atomic E-state index is 0.0316. The van der Waals surface area contributed by atoms with Crippen LogP contribution < -0.4 is 10.2 Å². The van der Waals surface area contributed by atoms with Crippen LogP contribution in [-0.4, -0.2) is 18.4 Å². The van der Waals surface area contributed by atoms with E-state index in [0.29, 0.717) is 31.2 Å². The van der Waals surface area contributed by atoms with Crippen LogP contribution in [0.15, 0.2) is 48.6 Å². The number of amides is 2. The van der Waals surface area contributed by atoms with E-state index in [4.69, 9.17) is 0 Å². The van der Waals surface area contributed by atoms with Crippen molar-refractivity contribution in [1.29, 1.82) is 0 Å². The molecule has 0 spiro atoms. The van der Waals surface area contributed by atoms with Crippen LogP contribution >= 0.6 is 0 Å². The first-order valence-corrected chi connectivity index (χ1v) is 9.69. The summed E-state index contributed by atoms with van der Waals surface area (Å²) in [7, 11) is 0. The fourth-order valence-corrected chi connectivity index (χ4v) is 3.77. The summed E-state index contributed by atoms with van der Waals surface area (Å²) in [4.78, 5) is 26.7. The molecule has 138 valence electrons. The summed E-state index contributed by atoms with van der Waals surface area (Å²) in [6, 6.07) is 7.60. The zero-order chi connectivity index (χ0) is 18.4. The van der Waals surface area contributed by atoms with Crippen LogP contribution in [0.4, 0.5) is 11.4 Å². The Kier molecular flexibility index (Phi) is 6.26. The van der Waals surface area contributed by atoms with E-state index in [0.717, 1.165) is 37.1 Å². The Labute approximate surface area is 156 Å². The van der Waals surface area contributed by atoms with Gasteiger partial charge in [-0.1, -0.05) is 30.4 Å². The van der Waals surface area contributed by atoms with E-state index >= 15 is 0 Å². The van der Waals surface area contributed by atoms with Gasteiger partial charge in [0.15, 0.2) is 0 Å². The highest BCUT2D eigenvalue weighted by Crippen LogP contribution is 2.26. The highest BCUT2D eigenvalue weighted by Gasteiger charge is 2.20. The van der Waals surface area contributed by atoms with E-state index in [-0.39, 0.29) is 11.8 Å². The van der Waals surface area contributed by atoms with E-state index in [1.807, 2.05) is 36.1 Å². The van der Waals surface area contributed by atoms with Gasteiger partial charge in [0.1, 0.15) is 0 Å². The normalized spacial score (nSPS) is 21.1. The molecule has 0 fully saturated rings. The molecule has 1 aromatic rings. The lowest BCUT2D eigenvalue weighted by Crippen LogP contribution is -2.31.